The molecule has 0 aliphatic carbocycles. The Morgan fingerprint density at radius 3 is 2.43 bits per heavy atom. The first-order valence-electron chi connectivity index (χ1n) is 6.88. The van der Waals surface area contributed by atoms with Gasteiger partial charge < -0.3 is 5.32 Å². The molecule has 4 heteroatoms. The maximum atomic E-state index is 12.3. The summed E-state index contributed by atoms with van der Waals surface area (Å²) in [5, 5.41) is 3.97. The van der Waals surface area contributed by atoms with E-state index in [-0.39, 0.29) is 11.8 Å². The van der Waals surface area contributed by atoms with Crippen LogP contribution < -0.4 is 5.32 Å². The highest BCUT2D eigenvalue weighted by molar-refractivity contribution is 6.42. The predicted octanol–water partition coefficient (Wildman–Crippen LogP) is 4.80. The summed E-state index contributed by atoms with van der Waals surface area (Å²) in [6.45, 7) is 2.45. The second-order valence-electron chi connectivity index (χ2n) is 4.84. The predicted molar refractivity (Wildman–Crippen MR) is 87.8 cm³/mol. The van der Waals surface area contributed by atoms with Crippen LogP contribution in [0.2, 0.25) is 10.0 Å². The number of hydrogen-bond acceptors (Lipinski definition) is 1. The number of hydrogen-bond donors (Lipinski definition) is 1. The Morgan fingerprint density at radius 2 is 1.81 bits per heavy atom. The van der Waals surface area contributed by atoms with Gasteiger partial charge in [0.05, 0.1) is 16.0 Å². The average Bonchev–Trinajstić information content (AvgIpc) is 2.50. The van der Waals surface area contributed by atoms with E-state index in [9.17, 15) is 4.79 Å². The molecular weight excluding hydrogens is 305 g/mol. The Bertz CT molecular complexity index is 613. The van der Waals surface area contributed by atoms with Crippen molar-refractivity contribution in [2.45, 2.75) is 25.8 Å². The minimum Gasteiger partial charge on any atom is -0.351 e. The van der Waals surface area contributed by atoms with E-state index in [0.29, 0.717) is 16.6 Å². The zero-order chi connectivity index (χ0) is 15.2. The molecule has 0 saturated heterocycles. The highest BCUT2D eigenvalue weighted by Crippen LogP contribution is 2.23. The molecule has 1 N–H and O–H groups in total. The summed E-state index contributed by atoms with van der Waals surface area (Å²) in [6, 6.07) is 15.2. The normalized spacial score (nSPS) is 12.0. The third-order valence-electron chi connectivity index (χ3n) is 3.38. The van der Waals surface area contributed by atoms with Crippen LogP contribution in [-0.2, 0) is 11.3 Å². The van der Waals surface area contributed by atoms with Gasteiger partial charge in [0.25, 0.3) is 0 Å². The number of amides is 1. The first kappa shape index (κ1) is 15.9. The van der Waals surface area contributed by atoms with Crippen LogP contribution in [0.3, 0.4) is 0 Å². The molecule has 0 heterocycles. The van der Waals surface area contributed by atoms with Gasteiger partial charge >= 0.3 is 0 Å². The summed E-state index contributed by atoms with van der Waals surface area (Å²) < 4.78 is 0. The van der Waals surface area contributed by atoms with Crippen molar-refractivity contribution in [3.8, 4) is 0 Å². The average molecular weight is 322 g/mol. The van der Waals surface area contributed by atoms with Gasteiger partial charge in [0.15, 0.2) is 0 Å². The smallest absolute Gasteiger partial charge is 0.227 e. The second kappa shape index (κ2) is 7.48. The monoisotopic (exact) mass is 321 g/mol. The Balaban J connectivity index is 2.01. The molecule has 0 radical (unpaired) electrons. The topological polar surface area (TPSA) is 29.1 Å². The Kier molecular flexibility index (Phi) is 5.66. The van der Waals surface area contributed by atoms with Crippen LogP contribution in [0.4, 0.5) is 0 Å². The SMILES string of the molecule is CCC(C(=O)NCc1ccc(Cl)c(Cl)c1)c1ccccc1. The van der Waals surface area contributed by atoms with Crippen LogP contribution in [0.15, 0.2) is 48.5 Å². The highest BCUT2D eigenvalue weighted by Gasteiger charge is 2.17. The summed E-state index contributed by atoms with van der Waals surface area (Å²) in [6.07, 6.45) is 0.761. The summed E-state index contributed by atoms with van der Waals surface area (Å²) >= 11 is 11.8. The summed E-state index contributed by atoms with van der Waals surface area (Å²) in [7, 11) is 0. The minimum absolute atomic E-state index is 0.0229. The maximum absolute atomic E-state index is 12.3. The third kappa shape index (κ3) is 4.23. The number of nitrogens with one attached hydrogen (secondary N) is 1. The first-order valence-corrected chi connectivity index (χ1v) is 7.64. The van der Waals surface area contributed by atoms with Gasteiger partial charge in [-0.05, 0) is 29.7 Å². The molecule has 0 spiro atoms. The Morgan fingerprint density at radius 1 is 1.10 bits per heavy atom. The van der Waals surface area contributed by atoms with Crippen molar-refractivity contribution in [2.24, 2.45) is 0 Å². The van der Waals surface area contributed by atoms with Crippen molar-refractivity contribution in [2.75, 3.05) is 0 Å². The molecule has 110 valence electrons. The maximum Gasteiger partial charge on any atom is 0.227 e. The zero-order valence-electron chi connectivity index (χ0n) is 11.8. The molecule has 1 unspecified atom stereocenters. The molecule has 0 fully saturated rings. The van der Waals surface area contributed by atoms with E-state index in [1.54, 1.807) is 12.1 Å². The van der Waals surface area contributed by atoms with Gasteiger partial charge in [-0.2, -0.15) is 0 Å². The Hall–Kier alpha value is -1.51. The van der Waals surface area contributed by atoms with Crippen molar-refractivity contribution in [1.29, 1.82) is 0 Å². The van der Waals surface area contributed by atoms with Gasteiger partial charge in [-0.25, -0.2) is 0 Å². The van der Waals surface area contributed by atoms with E-state index in [1.807, 2.05) is 43.3 Å². The van der Waals surface area contributed by atoms with E-state index in [2.05, 4.69) is 5.32 Å². The molecule has 1 amide bonds. The van der Waals surface area contributed by atoms with E-state index in [0.717, 1.165) is 17.5 Å². The molecule has 0 bridgehead atoms. The fourth-order valence-electron chi connectivity index (χ4n) is 2.22. The van der Waals surface area contributed by atoms with E-state index in [1.165, 1.54) is 0 Å². The van der Waals surface area contributed by atoms with Gasteiger partial charge in [0, 0.05) is 6.54 Å². The number of carbonyl (C=O) groups is 1. The summed E-state index contributed by atoms with van der Waals surface area (Å²) in [5.41, 5.74) is 1.97. The fraction of sp³-hybridized carbons (Fsp3) is 0.235. The number of benzene rings is 2. The molecular formula is C17H17Cl2NO. The van der Waals surface area contributed by atoms with Crippen LogP contribution in [0, 0.1) is 0 Å². The van der Waals surface area contributed by atoms with Crippen LogP contribution >= 0.6 is 23.2 Å². The second-order valence-corrected chi connectivity index (χ2v) is 5.65. The lowest BCUT2D eigenvalue weighted by Crippen LogP contribution is -2.28. The van der Waals surface area contributed by atoms with Crippen molar-refractivity contribution in [1.82, 2.24) is 5.32 Å². The summed E-state index contributed by atoms with van der Waals surface area (Å²) in [5.74, 6) is -0.108. The number of halogens is 2. The van der Waals surface area contributed by atoms with Crippen LogP contribution in [0.1, 0.15) is 30.4 Å². The number of carbonyl (C=O) groups excluding carboxylic acids is 1. The molecule has 0 aromatic heterocycles. The van der Waals surface area contributed by atoms with Crippen LogP contribution in [-0.4, -0.2) is 5.91 Å². The first-order chi connectivity index (χ1) is 10.1. The van der Waals surface area contributed by atoms with Gasteiger partial charge in [0.1, 0.15) is 0 Å². The molecule has 0 saturated carbocycles. The minimum atomic E-state index is -0.131. The molecule has 0 aliphatic rings. The molecule has 2 aromatic carbocycles. The van der Waals surface area contributed by atoms with Crippen molar-refractivity contribution < 1.29 is 4.79 Å². The van der Waals surface area contributed by atoms with Crippen LogP contribution in [0.25, 0.3) is 0 Å². The van der Waals surface area contributed by atoms with E-state index < -0.39 is 0 Å². The highest BCUT2D eigenvalue weighted by atomic mass is 35.5. The number of rotatable bonds is 5. The lowest BCUT2D eigenvalue weighted by Gasteiger charge is -2.15. The van der Waals surface area contributed by atoms with Gasteiger partial charge in [0.2, 0.25) is 5.91 Å². The van der Waals surface area contributed by atoms with Gasteiger partial charge in [-0.15, -0.1) is 0 Å². The molecule has 21 heavy (non-hydrogen) atoms. The van der Waals surface area contributed by atoms with Crippen molar-refractivity contribution in [3.63, 3.8) is 0 Å². The quantitative estimate of drug-likeness (QED) is 0.841. The van der Waals surface area contributed by atoms with Crippen molar-refractivity contribution in [3.05, 3.63) is 69.7 Å². The molecule has 2 aromatic rings. The van der Waals surface area contributed by atoms with E-state index in [4.69, 9.17) is 23.2 Å². The van der Waals surface area contributed by atoms with Gasteiger partial charge in [-0.1, -0.05) is 66.5 Å². The fourth-order valence-corrected chi connectivity index (χ4v) is 2.54. The zero-order valence-corrected chi connectivity index (χ0v) is 13.3. The lowest BCUT2D eigenvalue weighted by atomic mass is 9.95. The largest absolute Gasteiger partial charge is 0.351 e. The van der Waals surface area contributed by atoms with E-state index >= 15 is 0 Å². The summed E-state index contributed by atoms with van der Waals surface area (Å²) in [4.78, 5) is 12.3. The van der Waals surface area contributed by atoms with Crippen molar-refractivity contribution >= 4 is 29.1 Å². The molecule has 2 nitrogen and oxygen atoms in total. The standard InChI is InChI=1S/C17H17Cl2NO/c1-2-14(13-6-4-3-5-7-13)17(21)20-11-12-8-9-15(18)16(19)10-12/h3-10,14H,2,11H2,1H3,(H,20,21). The molecule has 2 rings (SSSR count). The Labute approximate surface area is 135 Å². The molecule has 1 atom stereocenters. The molecule has 0 aliphatic heterocycles. The van der Waals surface area contributed by atoms with Crippen LogP contribution in [0.5, 0.6) is 0 Å². The lowest BCUT2D eigenvalue weighted by molar-refractivity contribution is -0.122. The van der Waals surface area contributed by atoms with Gasteiger partial charge in [-0.3, -0.25) is 4.79 Å². The third-order valence-corrected chi connectivity index (χ3v) is 4.12.